The zero-order valence-electron chi connectivity index (χ0n) is 25.1. The smallest absolute Gasteiger partial charge is 0.411 e. The molecule has 234 valence electrons. The number of rotatable bonds is 11. The average molecular weight is 624 g/mol. The van der Waals surface area contributed by atoms with E-state index in [0.717, 1.165) is 55.0 Å². The van der Waals surface area contributed by atoms with Crippen LogP contribution in [0.15, 0.2) is 29.3 Å². The van der Waals surface area contributed by atoms with E-state index in [1.165, 1.54) is 17.4 Å². The lowest BCUT2D eigenvalue weighted by Crippen LogP contribution is -2.42. The van der Waals surface area contributed by atoms with Crippen molar-refractivity contribution in [3.05, 3.63) is 29.4 Å². The van der Waals surface area contributed by atoms with Crippen LogP contribution in [-0.2, 0) is 19.5 Å². The molecule has 2 atom stereocenters. The Hall–Kier alpha value is -2.13. The topological polar surface area (TPSA) is 151 Å². The van der Waals surface area contributed by atoms with E-state index in [2.05, 4.69) is 25.7 Å². The molecule has 0 spiro atoms. The summed E-state index contributed by atoms with van der Waals surface area (Å²) < 4.78 is 40.6. The van der Waals surface area contributed by atoms with E-state index in [1.807, 2.05) is 13.8 Å². The molecule has 1 aliphatic heterocycles. The summed E-state index contributed by atoms with van der Waals surface area (Å²) in [6, 6.07) is 5.17. The van der Waals surface area contributed by atoms with Crippen LogP contribution in [0.1, 0.15) is 84.1 Å². The standard InChI is InChI=1S/C29H45N5O6S2/c1-18(2)40-28(36)32-20-10-8-19(9-11-20)26-31-16-24(41-26)23-13-12-21(15-25(23)42(37,38)34-29(3,4)5)33-27(35)39-17-22-7-6-14-30-22/h12-13,15-16,18-20,22,28,30,32,34,36H,6-11,14,17H2,1-5H3,(H,33,35)/t19?,20?,22-,28?/m1/s1. The highest BCUT2D eigenvalue weighted by Crippen LogP contribution is 2.40. The first-order valence-electron chi connectivity index (χ1n) is 14.7. The number of aromatic nitrogens is 1. The molecule has 1 saturated heterocycles. The number of ether oxygens (including phenoxy) is 2. The summed E-state index contributed by atoms with van der Waals surface area (Å²) in [5.41, 5.74) is 0.150. The van der Waals surface area contributed by atoms with Crippen LogP contribution in [-0.4, -0.2) is 67.9 Å². The number of carbonyl (C=O) groups excluding carboxylic acids is 1. The summed E-state index contributed by atoms with van der Waals surface area (Å²) in [5, 5.41) is 20.1. The number of sulfonamides is 1. The van der Waals surface area contributed by atoms with E-state index in [9.17, 15) is 18.3 Å². The van der Waals surface area contributed by atoms with Crippen LogP contribution in [0.2, 0.25) is 0 Å². The SMILES string of the molecule is CC(C)OC(O)NC1CCC(c2ncc(-c3ccc(NC(=O)OC[C@H]4CCCN4)cc3S(=O)(=O)NC(C)(C)C)s2)CC1. The summed E-state index contributed by atoms with van der Waals surface area (Å²) in [6.07, 6.45) is 5.60. The number of hydrogen-bond donors (Lipinski definition) is 5. The maximum atomic E-state index is 13.6. The molecule has 2 heterocycles. The molecule has 1 amide bonds. The summed E-state index contributed by atoms with van der Waals surface area (Å²) >= 11 is 1.49. The number of nitrogens with one attached hydrogen (secondary N) is 4. The molecule has 1 aromatic heterocycles. The second-order valence-electron chi connectivity index (χ2n) is 12.4. The minimum absolute atomic E-state index is 0.0648. The first-order valence-corrected chi connectivity index (χ1v) is 17.0. The normalized spacial score (nSPS) is 22.3. The molecule has 2 fully saturated rings. The Balaban J connectivity index is 1.49. The van der Waals surface area contributed by atoms with Crippen molar-refractivity contribution in [2.24, 2.45) is 0 Å². The average Bonchev–Trinajstić information content (AvgIpc) is 3.59. The first kappa shape index (κ1) is 32.8. The van der Waals surface area contributed by atoms with Crippen LogP contribution in [0.4, 0.5) is 10.5 Å². The Labute approximate surface area is 253 Å². The molecule has 2 aromatic rings. The van der Waals surface area contributed by atoms with Crippen molar-refractivity contribution >= 4 is 33.1 Å². The molecule has 2 aliphatic rings. The summed E-state index contributed by atoms with van der Waals surface area (Å²) in [5.74, 6) is 0.253. The molecule has 11 nitrogen and oxygen atoms in total. The number of aliphatic hydroxyl groups excluding tert-OH is 1. The van der Waals surface area contributed by atoms with Gasteiger partial charge in [-0.3, -0.25) is 10.6 Å². The summed E-state index contributed by atoms with van der Waals surface area (Å²) in [6.45, 7) is 10.3. The minimum atomic E-state index is -3.94. The highest BCUT2D eigenvalue weighted by molar-refractivity contribution is 7.89. The Morgan fingerprint density at radius 1 is 1.19 bits per heavy atom. The Morgan fingerprint density at radius 3 is 2.57 bits per heavy atom. The van der Waals surface area contributed by atoms with Gasteiger partial charge in [0.25, 0.3) is 0 Å². The summed E-state index contributed by atoms with van der Waals surface area (Å²) in [4.78, 5) is 17.9. The predicted molar refractivity (Wildman–Crippen MR) is 164 cm³/mol. The van der Waals surface area contributed by atoms with Crippen LogP contribution in [0.5, 0.6) is 0 Å². The quantitative estimate of drug-likeness (QED) is 0.228. The van der Waals surface area contributed by atoms with E-state index in [4.69, 9.17) is 9.47 Å². The van der Waals surface area contributed by atoms with Gasteiger partial charge in [0.2, 0.25) is 16.4 Å². The van der Waals surface area contributed by atoms with Crippen LogP contribution in [0.25, 0.3) is 10.4 Å². The third-order valence-electron chi connectivity index (χ3n) is 7.18. The largest absolute Gasteiger partial charge is 0.448 e. The van der Waals surface area contributed by atoms with E-state index in [0.29, 0.717) is 11.3 Å². The van der Waals surface area contributed by atoms with Gasteiger partial charge in [-0.25, -0.2) is 22.9 Å². The Kier molecular flexibility index (Phi) is 11.0. The Morgan fingerprint density at radius 2 is 1.93 bits per heavy atom. The van der Waals surface area contributed by atoms with Crippen LogP contribution >= 0.6 is 11.3 Å². The number of aliphatic hydroxyl groups is 1. The van der Waals surface area contributed by atoms with Crippen molar-refractivity contribution < 1.29 is 27.8 Å². The lowest BCUT2D eigenvalue weighted by Gasteiger charge is -2.30. The molecule has 1 aliphatic carbocycles. The molecule has 1 aromatic carbocycles. The van der Waals surface area contributed by atoms with Gasteiger partial charge in [0.15, 0.2) is 0 Å². The number of thiazole rings is 1. The maximum absolute atomic E-state index is 13.6. The number of carbonyl (C=O) groups is 1. The Bertz CT molecular complexity index is 1300. The highest BCUT2D eigenvalue weighted by atomic mass is 32.2. The van der Waals surface area contributed by atoms with Gasteiger partial charge in [-0.05, 0) is 91.8 Å². The number of hydrogen-bond acceptors (Lipinski definition) is 10. The highest BCUT2D eigenvalue weighted by Gasteiger charge is 2.29. The minimum Gasteiger partial charge on any atom is -0.448 e. The van der Waals surface area contributed by atoms with Crippen LogP contribution in [0.3, 0.4) is 0 Å². The van der Waals surface area contributed by atoms with E-state index in [1.54, 1.807) is 39.1 Å². The zero-order chi connectivity index (χ0) is 30.5. The molecular weight excluding hydrogens is 578 g/mol. The van der Waals surface area contributed by atoms with Gasteiger partial charge in [-0.2, -0.15) is 0 Å². The lowest BCUT2D eigenvalue weighted by atomic mass is 9.86. The van der Waals surface area contributed by atoms with Crippen molar-refractivity contribution in [3.63, 3.8) is 0 Å². The van der Waals surface area contributed by atoms with Gasteiger partial charge < -0.3 is 19.9 Å². The molecule has 1 saturated carbocycles. The van der Waals surface area contributed by atoms with Gasteiger partial charge in [-0.1, -0.05) is 6.07 Å². The molecule has 0 radical (unpaired) electrons. The second-order valence-corrected chi connectivity index (χ2v) is 15.1. The molecule has 1 unspecified atom stereocenters. The second kappa shape index (κ2) is 14.1. The van der Waals surface area contributed by atoms with Crippen molar-refractivity contribution in [2.45, 2.75) is 114 Å². The molecule has 5 N–H and O–H groups in total. The van der Waals surface area contributed by atoms with Crippen molar-refractivity contribution in [2.75, 3.05) is 18.5 Å². The van der Waals surface area contributed by atoms with E-state index < -0.39 is 28.1 Å². The molecule has 0 bridgehead atoms. The van der Waals surface area contributed by atoms with Gasteiger partial charge in [0, 0.05) is 41.0 Å². The first-order chi connectivity index (χ1) is 19.8. The fourth-order valence-electron chi connectivity index (χ4n) is 5.32. The van der Waals surface area contributed by atoms with Gasteiger partial charge >= 0.3 is 6.09 Å². The third kappa shape index (κ3) is 9.43. The molecule has 42 heavy (non-hydrogen) atoms. The van der Waals surface area contributed by atoms with Crippen molar-refractivity contribution in [1.29, 1.82) is 0 Å². The van der Waals surface area contributed by atoms with Gasteiger partial charge in [0.05, 0.1) is 20.9 Å². The molecular formula is C29H45N5O6S2. The van der Waals surface area contributed by atoms with Gasteiger partial charge in [-0.15, -0.1) is 11.3 Å². The van der Waals surface area contributed by atoms with Crippen LogP contribution in [0, 0.1) is 0 Å². The lowest BCUT2D eigenvalue weighted by molar-refractivity contribution is -0.150. The number of amides is 1. The molecule has 13 heteroatoms. The zero-order valence-corrected chi connectivity index (χ0v) is 26.7. The fourth-order valence-corrected chi connectivity index (χ4v) is 8.18. The monoisotopic (exact) mass is 623 g/mol. The third-order valence-corrected chi connectivity index (χ3v) is 10.2. The van der Waals surface area contributed by atoms with Crippen LogP contribution < -0.4 is 20.7 Å². The number of anilines is 1. The van der Waals surface area contributed by atoms with E-state index >= 15 is 0 Å². The predicted octanol–water partition coefficient (Wildman–Crippen LogP) is 4.50. The van der Waals surface area contributed by atoms with Crippen molar-refractivity contribution in [3.8, 4) is 10.4 Å². The number of benzene rings is 1. The van der Waals surface area contributed by atoms with Gasteiger partial charge in [0.1, 0.15) is 6.61 Å². The fraction of sp³-hybridized carbons (Fsp3) is 0.655. The maximum Gasteiger partial charge on any atom is 0.411 e. The summed E-state index contributed by atoms with van der Waals surface area (Å²) in [7, 11) is -3.94. The van der Waals surface area contributed by atoms with E-state index in [-0.39, 0.29) is 35.6 Å². The molecule has 4 rings (SSSR count). The van der Waals surface area contributed by atoms with Crippen molar-refractivity contribution in [1.82, 2.24) is 20.3 Å². The number of nitrogens with zero attached hydrogens (tertiary/aromatic N) is 1.